The molecule has 1 atom stereocenters. The summed E-state index contributed by atoms with van der Waals surface area (Å²) in [5, 5.41) is 8.48. The van der Waals surface area contributed by atoms with Crippen molar-refractivity contribution in [1.82, 2.24) is 5.32 Å². The van der Waals surface area contributed by atoms with Gasteiger partial charge in [0.25, 0.3) is 0 Å². The van der Waals surface area contributed by atoms with Crippen LogP contribution in [-0.2, 0) is 6.42 Å². The van der Waals surface area contributed by atoms with Gasteiger partial charge in [0.2, 0.25) is 0 Å². The zero-order chi connectivity index (χ0) is 13.0. The van der Waals surface area contributed by atoms with Crippen molar-refractivity contribution < 1.29 is 0 Å². The Morgan fingerprint density at radius 3 is 2.83 bits per heavy atom. The quantitative estimate of drug-likeness (QED) is 0.799. The highest BCUT2D eigenvalue weighted by molar-refractivity contribution is 9.10. The van der Waals surface area contributed by atoms with E-state index in [1.54, 1.807) is 11.3 Å². The van der Waals surface area contributed by atoms with Crippen LogP contribution in [0, 0.1) is 0 Å². The van der Waals surface area contributed by atoms with E-state index in [-0.39, 0.29) is 0 Å². The highest BCUT2D eigenvalue weighted by Gasteiger charge is 2.13. The molecule has 0 aliphatic heterocycles. The van der Waals surface area contributed by atoms with E-state index in [2.05, 4.69) is 44.1 Å². The number of halogens is 2. The summed E-state index contributed by atoms with van der Waals surface area (Å²) in [5.74, 6) is 0. The lowest BCUT2D eigenvalue weighted by Crippen LogP contribution is -2.17. The lowest BCUT2D eigenvalue weighted by Gasteiger charge is -2.18. The molecule has 0 spiro atoms. The maximum absolute atomic E-state index is 6.30. The van der Waals surface area contributed by atoms with Gasteiger partial charge in [-0.25, -0.2) is 0 Å². The van der Waals surface area contributed by atoms with Crippen molar-refractivity contribution in [3.8, 4) is 0 Å². The lowest BCUT2D eigenvalue weighted by atomic mass is 10.0. The molecule has 0 fully saturated rings. The topological polar surface area (TPSA) is 12.0 Å². The minimum Gasteiger partial charge on any atom is -0.313 e. The number of nitrogens with one attached hydrogen (secondary N) is 1. The van der Waals surface area contributed by atoms with E-state index in [9.17, 15) is 0 Å². The van der Waals surface area contributed by atoms with Crippen LogP contribution in [0.2, 0.25) is 5.02 Å². The molecule has 0 aliphatic rings. The van der Waals surface area contributed by atoms with Crippen LogP contribution in [0.3, 0.4) is 0 Å². The van der Waals surface area contributed by atoms with Gasteiger partial charge in [-0.3, -0.25) is 0 Å². The van der Waals surface area contributed by atoms with E-state index >= 15 is 0 Å². The van der Waals surface area contributed by atoms with Crippen molar-refractivity contribution >= 4 is 38.9 Å². The maximum Gasteiger partial charge on any atom is 0.0465 e. The average molecular weight is 345 g/mol. The molecule has 0 aliphatic carbocycles. The fourth-order valence-corrected chi connectivity index (χ4v) is 3.49. The van der Waals surface area contributed by atoms with Crippen LogP contribution in [0.1, 0.15) is 23.6 Å². The molecule has 0 amide bonds. The molecule has 1 nitrogen and oxygen atoms in total. The molecular weight excluding hydrogens is 330 g/mol. The first-order valence-corrected chi connectivity index (χ1v) is 7.95. The van der Waals surface area contributed by atoms with Crippen LogP contribution in [0.15, 0.2) is 39.5 Å². The second-order valence-corrected chi connectivity index (χ2v) is 6.28. The first-order chi connectivity index (χ1) is 8.70. The zero-order valence-electron chi connectivity index (χ0n) is 10.1. The van der Waals surface area contributed by atoms with E-state index in [1.165, 1.54) is 5.56 Å². The number of aryl methyl sites for hydroxylation is 1. The Morgan fingerprint density at radius 1 is 1.39 bits per heavy atom. The number of hydrogen-bond acceptors (Lipinski definition) is 2. The molecule has 1 N–H and O–H groups in total. The Hall–Kier alpha value is -0.350. The van der Waals surface area contributed by atoms with Gasteiger partial charge < -0.3 is 5.32 Å². The summed E-state index contributed by atoms with van der Waals surface area (Å²) < 4.78 is 1.02. The highest BCUT2D eigenvalue weighted by Crippen LogP contribution is 2.29. The molecular formula is C14H15BrClNS. The first kappa shape index (κ1) is 14.1. The van der Waals surface area contributed by atoms with Crippen LogP contribution in [0.5, 0.6) is 0 Å². The second-order valence-electron chi connectivity index (χ2n) is 4.18. The average Bonchev–Trinajstić information content (AvgIpc) is 2.85. The Kier molecular flexibility index (Phi) is 5.25. The summed E-state index contributed by atoms with van der Waals surface area (Å²) in [6, 6.07) is 8.55. The fraction of sp³-hybridized carbons (Fsp3) is 0.286. The normalized spacial score (nSPS) is 12.6. The molecule has 1 unspecified atom stereocenters. The van der Waals surface area contributed by atoms with Gasteiger partial charge in [-0.15, -0.1) is 0 Å². The molecule has 0 saturated heterocycles. The summed E-state index contributed by atoms with van der Waals surface area (Å²) in [5.41, 5.74) is 2.56. The highest BCUT2D eigenvalue weighted by atomic mass is 79.9. The SMILES string of the molecule is CNC(CCc1ccsc1)c1ccc(Br)cc1Cl. The second kappa shape index (κ2) is 6.71. The Morgan fingerprint density at radius 2 is 2.22 bits per heavy atom. The third-order valence-corrected chi connectivity index (χ3v) is 4.54. The molecule has 0 radical (unpaired) electrons. The Labute approximate surface area is 125 Å². The summed E-state index contributed by atoms with van der Waals surface area (Å²) >= 11 is 11.5. The summed E-state index contributed by atoms with van der Waals surface area (Å²) in [7, 11) is 1.98. The molecule has 1 aromatic carbocycles. The number of benzene rings is 1. The van der Waals surface area contributed by atoms with Crippen molar-refractivity contribution in [2.45, 2.75) is 18.9 Å². The summed E-state index contributed by atoms with van der Waals surface area (Å²) in [6.45, 7) is 0. The molecule has 1 aromatic heterocycles. The fourth-order valence-electron chi connectivity index (χ4n) is 1.99. The molecule has 96 valence electrons. The molecule has 0 bridgehead atoms. The van der Waals surface area contributed by atoms with Crippen LogP contribution in [0.25, 0.3) is 0 Å². The maximum atomic E-state index is 6.30. The third kappa shape index (κ3) is 3.58. The van der Waals surface area contributed by atoms with E-state index < -0.39 is 0 Å². The minimum absolute atomic E-state index is 0.297. The van der Waals surface area contributed by atoms with Crippen molar-refractivity contribution in [1.29, 1.82) is 0 Å². The monoisotopic (exact) mass is 343 g/mol. The standard InChI is InChI=1S/C14H15BrClNS/c1-17-14(5-2-10-6-7-18-9-10)12-4-3-11(15)8-13(12)16/h3-4,6-9,14,17H,2,5H2,1H3. The first-order valence-electron chi connectivity index (χ1n) is 5.84. The van der Waals surface area contributed by atoms with Gasteiger partial charge in [-0.2, -0.15) is 11.3 Å². The summed E-state index contributed by atoms with van der Waals surface area (Å²) in [6.07, 6.45) is 2.12. The molecule has 2 aromatic rings. The molecule has 4 heteroatoms. The van der Waals surface area contributed by atoms with E-state index in [1.807, 2.05) is 19.2 Å². The smallest absolute Gasteiger partial charge is 0.0465 e. The van der Waals surface area contributed by atoms with Crippen LogP contribution >= 0.6 is 38.9 Å². The van der Waals surface area contributed by atoms with Crippen LogP contribution in [0.4, 0.5) is 0 Å². The van der Waals surface area contributed by atoms with Gasteiger partial charge in [0.15, 0.2) is 0 Å². The minimum atomic E-state index is 0.297. The van der Waals surface area contributed by atoms with Crippen LogP contribution < -0.4 is 5.32 Å². The lowest BCUT2D eigenvalue weighted by molar-refractivity contribution is 0.550. The predicted molar refractivity (Wildman–Crippen MR) is 83.6 cm³/mol. The number of thiophene rings is 1. The molecule has 2 rings (SSSR count). The van der Waals surface area contributed by atoms with Gasteiger partial charge in [0.1, 0.15) is 0 Å². The summed E-state index contributed by atoms with van der Waals surface area (Å²) in [4.78, 5) is 0. The van der Waals surface area contributed by atoms with Crippen molar-refractivity contribution in [2.75, 3.05) is 7.05 Å². The Bertz CT molecular complexity index is 499. The van der Waals surface area contributed by atoms with Crippen LogP contribution in [-0.4, -0.2) is 7.05 Å². The van der Waals surface area contributed by atoms with Gasteiger partial charge in [-0.1, -0.05) is 33.6 Å². The van der Waals surface area contributed by atoms with Crippen molar-refractivity contribution in [2.24, 2.45) is 0 Å². The van der Waals surface area contributed by atoms with Gasteiger partial charge in [0, 0.05) is 15.5 Å². The van der Waals surface area contributed by atoms with E-state index in [4.69, 9.17) is 11.6 Å². The van der Waals surface area contributed by atoms with E-state index in [0.29, 0.717) is 6.04 Å². The number of hydrogen-bond donors (Lipinski definition) is 1. The van der Waals surface area contributed by atoms with E-state index in [0.717, 1.165) is 27.9 Å². The van der Waals surface area contributed by atoms with Gasteiger partial charge in [0.05, 0.1) is 0 Å². The third-order valence-electron chi connectivity index (χ3n) is 2.99. The van der Waals surface area contributed by atoms with Gasteiger partial charge in [-0.05, 0) is 60.0 Å². The predicted octanol–water partition coefficient (Wildman–Crippen LogP) is 5.06. The number of rotatable bonds is 5. The zero-order valence-corrected chi connectivity index (χ0v) is 13.3. The Balaban J connectivity index is 2.08. The van der Waals surface area contributed by atoms with Crippen molar-refractivity contribution in [3.05, 3.63) is 55.6 Å². The van der Waals surface area contributed by atoms with Gasteiger partial charge >= 0.3 is 0 Å². The molecule has 0 saturated carbocycles. The largest absolute Gasteiger partial charge is 0.313 e. The molecule has 1 heterocycles. The van der Waals surface area contributed by atoms with Crippen molar-refractivity contribution in [3.63, 3.8) is 0 Å². The molecule has 18 heavy (non-hydrogen) atoms.